The van der Waals surface area contributed by atoms with E-state index in [4.69, 9.17) is 10.5 Å². The number of nitrogens with one attached hydrogen (secondary N) is 2. The molecular weight excluding hydrogens is 472 g/mol. The van der Waals surface area contributed by atoms with E-state index in [1.165, 1.54) is 4.90 Å². The topological polar surface area (TPSA) is 131 Å². The second kappa shape index (κ2) is 11.9. The number of ether oxygens (including phenoxy) is 1. The molecular formula is C28H38N4O5. The second-order valence-corrected chi connectivity index (χ2v) is 10.9. The minimum absolute atomic E-state index is 0.445. The van der Waals surface area contributed by atoms with Crippen molar-refractivity contribution < 1.29 is 23.9 Å². The molecule has 0 aromatic heterocycles. The van der Waals surface area contributed by atoms with Crippen LogP contribution < -0.4 is 16.4 Å². The molecule has 9 heteroatoms. The molecule has 0 bridgehead atoms. The number of anilines is 1. The van der Waals surface area contributed by atoms with Crippen LogP contribution in [0.25, 0.3) is 0 Å². The number of hydrogen-bond donors (Lipinski definition) is 3. The fourth-order valence-electron chi connectivity index (χ4n) is 3.83. The summed E-state index contributed by atoms with van der Waals surface area (Å²) in [7, 11) is 0. The highest BCUT2D eigenvalue weighted by atomic mass is 16.6. The van der Waals surface area contributed by atoms with E-state index in [2.05, 4.69) is 10.6 Å². The Balaban J connectivity index is 2.56. The third kappa shape index (κ3) is 8.63. The zero-order valence-corrected chi connectivity index (χ0v) is 22.6. The van der Waals surface area contributed by atoms with Crippen molar-refractivity contribution in [3.8, 4) is 0 Å². The number of benzene rings is 2. The van der Waals surface area contributed by atoms with Crippen molar-refractivity contribution in [3.63, 3.8) is 0 Å². The Morgan fingerprint density at radius 3 is 2.00 bits per heavy atom. The molecule has 200 valence electrons. The highest BCUT2D eigenvalue weighted by molar-refractivity contribution is 6.00. The molecule has 2 rings (SSSR count). The van der Waals surface area contributed by atoms with Gasteiger partial charge in [0.1, 0.15) is 17.7 Å². The Bertz CT molecular complexity index is 1120. The number of aryl methyl sites for hydroxylation is 1. The molecule has 37 heavy (non-hydrogen) atoms. The van der Waals surface area contributed by atoms with Gasteiger partial charge >= 0.3 is 6.09 Å². The normalized spacial score (nSPS) is 13.2. The summed E-state index contributed by atoms with van der Waals surface area (Å²) in [5.41, 5.74) is 5.73. The minimum Gasteiger partial charge on any atom is -0.444 e. The molecule has 0 aliphatic carbocycles. The van der Waals surface area contributed by atoms with Crippen molar-refractivity contribution in [2.75, 3.05) is 5.32 Å². The van der Waals surface area contributed by atoms with Gasteiger partial charge in [-0.25, -0.2) is 4.79 Å². The number of alkyl carbamates (subject to hydrolysis) is 1. The lowest BCUT2D eigenvalue weighted by atomic mass is 9.94. The van der Waals surface area contributed by atoms with Crippen LogP contribution in [0.2, 0.25) is 0 Å². The molecule has 0 heterocycles. The van der Waals surface area contributed by atoms with Gasteiger partial charge in [0.25, 0.3) is 5.91 Å². The summed E-state index contributed by atoms with van der Waals surface area (Å²) >= 11 is 0. The van der Waals surface area contributed by atoms with Crippen molar-refractivity contribution in [1.82, 2.24) is 10.2 Å². The van der Waals surface area contributed by atoms with Crippen LogP contribution in [-0.2, 0) is 19.1 Å². The van der Waals surface area contributed by atoms with E-state index < -0.39 is 53.5 Å². The van der Waals surface area contributed by atoms with Crippen molar-refractivity contribution >= 4 is 29.5 Å². The highest BCUT2D eigenvalue weighted by Gasteiger charge is 2.42. The van der Waals surface area contributed by atoms with Crippen molar-refractivity contribution in [1.29, 1.82) is 0 Å². The van der Waals surface area contributed by atoms with Crippen LogP contribution in [0, 0.1) is 6.92 Å². The van der Waals surface area contributed by atoms with Gasteiger partial charge in [0.15, 0.2) is 0 Å². The Hall–Kier alpha value is -3.88. The van der Waals surface area contributed by atoms with E-state index in [1.807, 2.05) is 25.1 Å². The molecule has 4 amide bonds. The number of para-hydroxylation sites is 1. The summed E-state index contributed by atoms with van der Waals surface area (Å²) in [6.07, 6.45) is -1.34. The zero-order valence-electron chi connectivity index (χ0n) is 22.6. The SMILES string of the molecule is Cc1ccccc1NC(=O)C(c1ccccc1)N(C(=O)C(CC(N)=O)NC(=O)OC(C)(C)C)C(C)(C)C. The summed E-state index contributed by atoms with van der Waals surface area (Å²) < 4.78 is 5.30. The lowest BCUT2D eigenvalue weighted by Gasteiger charge is -2.43. The molecule has 2 aromatic rings. The fourth-order valence-corrected chi connectivity index (χ4v) is 3.83. The molecule has 0 radical (unpaired) electrons. The lowest BCUT2D eigenvalue weighted by molar-refractivity contribution is -0.147. The minimum atomic E-state index is -1.34. The summed E-state index contributed by atoms with van der Waals surface area (Å²) in [5.74, 6) is -1.88. The molecule has 2 atom stereocenters. The van der Waals surface area contributed by atoms with Gasteiger partial charge in [-0.2, -0.15) is 0 Å². The van der Waals surface area contributed by atoms with E-state index in [-0.39, 0.29) is 0 Å². The monoisotopic (exact) mass is 510 g/mol. The van der Waals surface area contributed by atoms with Crippen molar-refractivity contribution in [2.24, 2.45) is 5.73 Å². The maximum atomic E-state index is 14.0. The van der Waals surface area contributed by atoms with Gasteiger partial charge in [-0.3, -0.25) is 14.4 Å². The standard InChI is InChI=1S/C28H38N4O5/c1-18-13-11-12-16-20(18)30-24(34)23(19-14-9-8-10-15-19)32(27(2,3)4)25(35)21(17-22(29)33)31-26(36)37-28(5,6)7/h8-16,21,23H,17H2,1-7H3,(H2,29,33)(H,30,34)(H,31,36). The quantitative estimate of drug-likeness (QED) is 0.493. The number of hydrogen-bond acceptors (Lipinski definition) is 5. The van der Waals surface area contributed by atoms with E-state index in [0.29, 0.717) is 11.3 Å². The summed E-state index contributed by atoms with van der Waals surface area (Å²) in [5, 5.41) is 5.41. The summed E-state index contributed by atoms with van der Waals surface area (Å²) in [4.78, 5) is 53.6. The van der Waals surface area contributed by atoms with Crippen LogP contribution >= 0.6 is 0 Å². The van der Waals surface area contributed by atoms with Gasteiger partial charge < -0.3 is 26.0 Å². The van der Waals surface area contributed by atoms with Gasteiger partial charge in [0.2, 0.25) is 11.8 Å². The third-order valence-electron chi connectivity index (χ3n) is 5.38. The average molecular weight is 511 g/mol. The second-order valence-electron chi connectivity index (χ2n) is 10.9. The predicted molar refractivity (Wildman–Crippen MR) is 143 cm³/mol. The van der Waals surface area contributed by atoms with Crippen LogP contribution in [-0.4, -0.2) is 45.9 Å². The van der Waals surface area contributed by atoms with E-state index in [0.717, 1.165) is 5.56 Å². The molecule has 0 saturated heterocycles. The Kier molecular flexibility index (Phi) is 9.44. The molecule has 9 nitrogen and oxygen atoms in total. The van der Waals surface area contributed by atoms with Crippen LogP contribution in [0.4, 0.5) is 10.5 Å². The summed E-state index contributed by atoms with van der Waals surface area (Å²) in [6, 6.07) is 13.7. The molecule has 2 unspecified atom stereocenters. The Morgan fingerprint density at radius 2 is 1.49 bits per heavy atom. The van der Waals surface area contributed by atoms with E-state index in [9.17, 15) is 19.2 Å². The van der Waals surface area contributed by atoms with Crippen molar-refractivity contribution in [2.45, 2.75) is 78.1 Å². The van der Waals surface area contributed by atoms with Crippen LogP contribution in [0.15, 0.2) is 54.6 Å². The highest BCUT2D eigenvalue weighted by Crippen LogP contribution is 2.31. The molecule has 2 aromatic carbocycles. The number of nitrogens with two attached hydrogens (primary N) is 1. The van der Waals surface area contributed by atoms with Gasteiger partial charge in [-0.1, -0.05) is 48.5 Å². The maximum Gasteiger partial charge on any atom is 0.408 e. The zero-order chi connectivity index (χ0) is 28.0. The Morgan fingerprint density at radius 1 is 0.919 bits per heavy atom. The first-order valence-electron chi connectivity index (χ1n) is 12.1. The van der Waals surface area contributed by atoms with Crippen molar-refractivity contribution in [3.05, 3.63) is 65.7 Å². The number of nitrogens with zero attached hydrogens (tertiary/aromatic N) is 1. The fraction of sp³-hybridized carbons (Fsp3) is 0.429. The number of primary amides is 1. The number of amides is 4. The van der Waals surface area contributed by atoms with Crippen LogP contribution in [0.5, 0.6) is 0 Å². The first-order valence-corrected chi connectivity index (χ1v) is 12.1. The smallest absolute Gasteiger partial charge is 0.408 e. The molecule has 0 spiro atoms. The summed E-state index contributed by atoms with van der Waals surface area (Å²) in [6.45, 7) is 12.2. The molecule has 0 aliphatic rings. The first kappa shape index (κ1) is 29.4. The largest absolute Gasteiger partial charge is 0.444 e. The van der Waals surface area contributed by atoms with Crippen LogP contribution in [0.3, 0.4) is 0 Å². The number of carbonyl (C=O) groups excluding carboxylic acids is 4. The molecule has 4 N–H and O–H groups in total. The first-order chi connectivity index (χ1) is 17.1. The average Bonchev–Trinajstić information content (AvgIpc) is 2.76. The number of rotatable bonds is 8. The van der Waals surface area contributed by atoms with Gasteiger partial charge in [0.05, 0.1) is 6.42 Å². The van der Waals surface area contributed by atoms with Crippen LogP contribution in [0.1, 0.15) is 65.1 Å². The predicted octanol–water partition coefficient (Wildman–Crippen LogP) is 4.07. The van der Waals surface area contributed by atoms with Gasteiger partial charge in [-0.15, -0.1) is 0 Å². The molecule has 0 aliphatic heterocycles. The van der Waals surface area contributed by atoms with E-state index in [1.54, 1.807) is 77.9 Å². The number of carbonyl (C=O) groups is 4. The third-order valence-corrected chi connectivity index (χ3v) is 5.38. The Labute approximate surface area is 218 Å². The molecule has 0 saturated carbocycles. The van der Waals surface area contributed by atoms with E-state index >= 15 is 0 Å². The van der Waals surface area contributed by atoms with Gasteiger partial charge in [-0.05, 0) is 65.7 Å². The lowest BCUT2D eigenvalue weighted by Crippen LogP contribution is -2.58. The van der Waals surface area contributed by atoms with Gasteiger partial charge in [0, 0.05) is 11.2 Å². The maximum absolute atomic E-state index is 14.0. The molecule has 0 fully saturated rings.